The first kappa shape index (κ1) is 24.1. The molecule has 1 fully saturated rings. The summed E-state index contributed by atoms with van der Waals surface area (Å²) in [5, 5.41) is 14.9. The van der Waals surface area contributed by atoms with Crippen molar-refractivity contribution in [1.82, 2.24) is 14.8 Å². The number of nitriles is 1. The molecule has 0 bridgehead atoms. The molecule has 1 aliphatic rings. The van der Waals surface area contributed by atoms with Crippen molar-refractivity contribution in [3.8, 4) is 6.19 Å². The molecule has 1 heterocycles. The fourth-order valence-corrected chi connectivity index (χ4v) is 4.06. The summed E-state index contributed by atoms with van der Waals surface area (Å²) in [6.07, 6.45) is 14.5. The molecule has 0 spiro atoms. The lowest BCUT2D eigenvalue weighted by atomic mass is 9.90. The number of unbranched alkanes of at least 4 members (excludes halogenated alkanes) is 2. The highest BCUT2D eigenvalue weighted by Crippen LogP contribution is 2.24. The fourth-order valence-electron chi connectivity index (χ4n) is 3.35. The van der Waals surface area contributed by atoms with Crippen molar-refractivity contribution in [3.63, 3.8) is 0 Å². The Morgan fingerprint density at radius 3 is 2.67 bits per heavy atom. The van der Waals surface area contributed by atoms with E-state index in [1.54, 1.807) is 30.7 Å². The summed E-state index contributed by atoms with van der Waals surface area (Å²) >= 11 is 0. The van der Waals surface area contributed by atoms with Gasteiger partial charge in [0.25, 0.3) is 0 Å². The maximum absolute atomic E-state index is 12.0. The molecule has 0 unspecified atom stereocenters. The summed E-state index contributed by atoms with van der Waals surface area (Å²) in [5.41, 5.74) is 0.783. The largest absolute Gasteiger partial charge is 0.355 e. The van der Waals surface area contributed by atoms with E-state index < -0.39 is 10.0 Å². The van der Waals surface area contributed by atoms with Gasteiger partial charge in [-0.2, -0.15) is 5.26 Å². The van der Waals surface area contributed by atoms with Crippen LogP contribution in [0.3, 0.4) is 0 Å². The van der Waals surface area contributed by atoms with Gasteiger partial charge in [-0.25, -0.2) is 8.42 Å². The molecule has 0 aromatic carbocycles. The number of pyridine rings is 1. The molecule has 30 heavy (non-hydrogen) atoms. The molecule has 2 rings (SSSR count). The van der Waals surface area contributed by atoms with E-state index in [9.17, 15) is 8.42 Å². The first-order chi connectivity index (χ1) is 14.5. The number of hydrogen-bond acceptors (Lipinski definition) is 6. The number of nitrogens with zero attached hydrogens (tertiary/aromatic N) is 4. The van der Waals surface area contributed by atoms with Gasteiger partial charge in [0.15, 0.2) is 0 Å². The first-order valence-electron chi connectivity index (χ1n) is 10.5. The van der Waals surface area contributed by atoms with Gasteiger partial charge >= 0.3 is 0 Å². The molecule has 0 atom stereocenters. The van der Waals surface area contributed by atoms with E-state index >= 15 is 0 Å². The fraction of sp³-hybridized carbons (Fsp3) is 0.650. The van der Waals surface area contributed by atoms with E-state index in [4.69, 9.17) is 10.1 Å². The van der Waals surface area contributed by atoms with Crippen LogP contribution in [0.5, 0.6) is 0 Å². The molecule has 0 saturated heterocycles. The number of guanidine groups is 1. The lowest BCUT2D eigenvalue weighted by molar-refractivity contribution is -0.102. The topological polar surface area (TPSA) is 120 Å². The van der Waals surface area contributed by atoms with Gasteiger partial charge in [0.1, 0.15) is 0 Å². The van der Waals surface area contributed by atoms with E-state index in [1.165, 1.54) is 25.5 Å². The van der Waals surface area contributed by atoms with E-state index in [0.717, 1.165) is 35.8 Å². The maximum atomic E-state index is 12.0. The van der Waals surface area contributed by atoms with Crippen LogP contribution < -0.4 is 10.6 Å². The summed E-state index contributed by atoms with van der Waals surface area (Å²) in [6.45, 7) is 1.43. The summed E-state index contributed by atoms with van der Waals surface area (Å²) in [7, 11) is -3.39. The number of rotatable bonds is 11. The van der Waals surface area contributed by atoms with Crippen molar-refractivity contribution in [3.05, 3.63) is 24.5 Å². The van der Waals surface area contributed by atoms with Crippen LogP contribution in [0.15, 0.2) is 29.5 Å². The van der Waals surface area contributed by atoms with Gasteiger partial charge in [0, 0.05) is 31.2 Å². The Labute approximate surface area is 179 Å². The minimum absolute atomic E-state index is 0.347. The SMILES string of the molecule is CS(=O)(=O)N(CCCCCN/C(=N\C#N)Nc1ccncc1)OCC1CCCCC1. The number of hydroxylamine groups is 1. The van der Waals surface area contributed by atoms with Crippen LogP contribution >= 0.6 is 0 Å². The molecular formula is C20H32N6O3S. The van der Waals surface area contributed by atoms with Crippen molar-refractivity contribution < 1.29 is 13.3 Å². The average molecular weight is 437 g/mol. The molecule has 0 radical (unpaired) electrons. The number of anilines is 1. The summed E-state index contributed by atoms with van der Waals surface area (Å²) < 4.78 is 25.1. The zero-order valence-electron chi connectivity index (χ0n) is 17.6. The second-order valence-corrected chi connectivity index (χ2v) is 9.37. The van der Waals surface area contributed by atoms with Gasteiger partial charge < -0.3 is 10.6 Å². The zero-order chi connectivity index (χ0) is 21.7. The average Bonchev–Trinajstić information content (AvgIpc) is 2.73. The van der Waals surface area contributed by atoms with Crippen molar-refractivity contribution in [2.24, 2.45) is 10.9 Å². The van der Waals surface area contributed by atoms with Gasteiger partial charge in [-0.3, -0.25) is 9.82 Å². The maximum Gasteiger partial charge on any atom is 0.233 e. The van der Waals surface area contributed by atoms with Crippen LogP contribution in [0, 0.1) is 17.4 Å². The second-order valence-electron chi connectivity index (χ2n) is 7.50. The molecule has 10 heteroatoms. The van der Waals surface area contributed by atoms with Gasteiger partial charge in [0.2, 0.25) is 22.2 Å². The van der Waals surface area contributed by atoms with Crippen LogP contribution in [0.25, 0.3) is 0 Å². The lowest BCUT2D eigenvalue weighted by Crippen LogP contribution is -2.34. The Balaban J connectivity index is 1.67. The molecule has 0 amide bonds. The summed E-state index contributed by atoms with van der Waals surface area (Å²) in [6, 6.07) is 3.56. The van der Waals surface area contributed by atoms with Gasteiger partial charge in [-0.15, -0.1) is 4.99 Å². The highest BCUT2D eigenvalue weighted by atomic mass is 32.2. The molecule has 2 N–H and O–H groups in total. The number of aromatic nitrogens is 1. The third-order valence-corrected chi connectivity index (χ3v) is 5.99. The Morgan fingerprint density at radius 2 is 2.00 bits per heavy atom. The van der Waals surface area contributed by atoms with Crippen LogP contribution in [0.2, 0.25) is 0 Å². The lowest BCUT2D eigenvalue weighted by Gasteiger charge is -2.25. The summed E-state index contributed by atoms with van der Waals surface area (Å²) in [5.74, 6) is 0.829. The minimum atomic E-state index is -3.39. The van der Waals surface area contributed by atoms with Crippen LogP contribution in [-0.2, 0) is 14.9 Å². The predicted octanol–water partition coefficient (Wildman–Crippen LogP) is 2.86. The van der Waals surface area contributed by atoms with E-state index in [1.807, 2.05) is 0 Å². The quantitative estimate of drug-likeness (QED) is 0.180. The number of aliphatic imine (C=N–C) groups is 1. The van der Waals surface area contributed by atoms with Crippen molar-refractivity contribution in [2.75, 3.05) is 31.3 Å². The van der Waals surface area contributed by atoms with Crippen LogP contribution in [0.4, 0.5) is 5.69 Å². The van der Waals surface area contributed by atoms with Crippen molar-refractivity contribution in [1.29, 1.82) is 5.26 Å². The number of hydrogen-bond donors (Lipinski definition) is 2. The van der Waals surface area contributed by atoms with E-state index in [0.29, 0.717) is 38.0 Å². The Morgan fingerprint density at radius 1 is 1.27 bits per heavy atom. The third-order valence-electron chi connectivity index (χ3n) is 4.96. The molecular weight excluding hydrogens is 404 g/mol. The Kier molecular flexibility index (Phi) is 10.5. The standard InChI is InChI=1S/C20H32N6O3S/c1-30(27,28)26(29-16-18-8-4-2-5-9-18)15-7-3-6-12-23-20(24-17-21)25-19-10-13-22-14-11-19/h10-11,13-14,18H,2-9,12,15-16H2,1H3,(H2,22,23,24,25). The summed E-state index contributed by atoms with van der Waals surface area (Å²) in [4.78, 5) is 13.3. The number of nitrogens with one attached hydrogen (secondary N) is 2. The monoisotopic (exact) mass is 436 g/mol. The molecule has 9 nitrogen and oxygen atoms in total. The van der Waals surface area contributed by atoms with Gasteiger partial charge in [0.05, 0.1) is 12.9 Å². The first-order valence-corrected chi connectivity index (χ1v) is 12.3. The molecule has 1 saturated carbocycles. The van der Waals surface area contributed by atoms with Crippen molar-refractivity contribution in [2.45, 2.75) is 51.4 Å². The van der Waals surface area contributed by atoms with E-state index in [2.05, 4.69) is 20.6 Å². The predicted molar refractivity (Wildman–Crippen MR) is 117 cm³/mol. The molecule has 1 aromatic rings. The molecule has 0 aliphatic heterocycles. The van der Waals surface area contributed by atoms with Gasteiger partial charge in [-0.05, 0) is 43.7 Å². The van der Waals surface area contributed by atoms with Crippen LogP contribution in [-0.4, -0.2) is 49.8 Å². The second kappa shape index (κ2) is 13.2. The molecule has 1 aromatic heterocycles. The van der Waals surface area contributed by atoms with Crippen LogP contribution in [0.1, 0.15) is 51.4 Å². The highest BCUT2D eigenvalue weighted by Gasteiger charge is 2.20. The van der Waals surface area contributed by atoms with Crippen molar-refractivity contribution >= 4 is 21.7 Å². The normalized spacial score (nSPS) is 15.7. The third kappa shape index (κ3) is 9.52. The Hall–Kier alpha value is -2.22. The smallest absolute Gasteiger partial charge is 0.233 e. The molecule has 1 aliphatic carbocycles. The minimum Gasteiger partial charge on any atom is -0.355 e. The Bertz CT molecular complexity index is 789. The van der Waals surface area contributed by atoms with Gasteiger partial charge in [-0.1, -0.05) is 30.2 Å². The number of sulfonamides is 1. The molecule has 166 valence electrons. The zero-order valence-corrected chi connectivity index (χ0v) is 18.4. The van der Waals surface area contributed by atoms with E-state index in [-0.39, 0.29) is 0 Å². The highest BCUT2D eigenvalue weighted by molar-refractivity contribution is 7.88.